The minimum Gasteiger partial charge on any atom is -0.481 e. The smallest absolute Gasteiger partial charge is 0.315 e. The van der Waals surface area contributed by atoms with Gasteiger partial charge in [-0.05, 0) is 39.3 Å². The topological polar surface area (TPSA) is 81.7 Å². The minimum absolute atomic E-state index is 0.106. The summed E-state index contributed by atoms with van der Waals surface area (Å²) in [4.78, 5) is 24.5. The summed E-state index contributed by atoms with van der Waals surface area (Å²) >= 11 is 0. The molecule has 110 valence electrons. The molecule has 1 aliphatic heterocycles. The van der Waals surface area contributed by atoms with Gasteiger partial charge in [-0.15, -0.1) is 0 Å². The Morgan fingerprint density at radius 1 is 1.26 bits per heavy atom. The Hall–Kier alpha value is -1.30. The zero-order chi connectivity index (χ0) is 14.3. The first-order chi connectivity index (χ1) is 8.99. The van der Waals surface area contributed by atoms with Crippen LogP contribution >= 0.6 is 0 Å². The van der Waals surface area contributed by atoms with Gasteiger partial charge < -0.3 is 20.6 Å². The Morgan fingerprint density at radius 2 is 1.89 bits per heavy atom. The lowest BCUT2D eigenvalue weighted by Crippen LogP contribution is -2.46. The highest BCUT2D eigenvalue weighted by atomic mass is 16.4. The predicted molar refractivity (Wildman–Crippen MR) is 73.1 cm³/mol. The number of likely N-dealkylation sites (tertiary alicyclic amines) is 1. The number of aliphatic carboxylic acids is 1. The van der Waals surface area contributed by atoms with E-state index in [1.165, 1.54) is 12.8 Å². The molecule has 0 aliphatic carbocycles. The molecule has 6 nitrogen and oxygen atoms in total. The fourth-order valence-electron chi connectivity index (χ4n) is 2.20. The van der Waals surface area contributed by atoms with Gasteiger partial charge in [-0.3, -0.25) is 4.79 Å². The summed E-state index contributed by atoms with van der Waals surface area (Å²) in [5.74, 6) is -1.26. The first kappa shape index (κ1) is 15.8. The number of urea groups is 1. The summed E-state index contributed by atoms with van der Waals surface area (Å²) in [6.45, 7) is 7.11. The number of rotatable bonds is 7. The molecule has 1 fully saturated rings. The number of carbonyl (C=O) groups is 2. The second-order valence-corrected chi connectivity index (χ2v) is 5.34. The van der Waals surface area contributed by atoms with Crippen LogP contribution in [0, 0.1) is 5.92 Å². The normalized spacial score (nSPS) is 18.8. The number of amides is 2. The summed E-state index contributed by atoms with van der Waals surface area (Å²) in [6, 6.07) is -0.112. The Bertz CT molecular complexity index is 304. The van der Waals surface area contributed by atoms with Gasteiger partial charge in [0.15, 0.2) is 0 Å². The standard InChI is InChI=1S/C13H25N3O3/c1-10(12(17)18)5-6-14-13(19)15-11(2)9-16-7-3-4-8-16/h10-11H,3-9H2,1-2H3,(H,17,18)(H2,14,15,19). The van der Waals surface area contributed by atoms with Crippen molar-refractivity contribution in [1.82, 2.24) is 15.5 Å². The van der Waals surface area contributed by atoms with Crippen LogP contribution in [-0.2, 0) is 4.79 Å². The van der Waals surface area contributed by atoms with Crippen LogP contribution in [0.25, 0.3) is 0 Å². The molecule has 0 spiro atoms. The van der Waals surface area contributed by atoms with Gasteiger partial charge in [0.25, 0.3) is 0 Å². The van der Waals surface area contributed by atoms with E-state index in [2.05, 4.69) is 15.5 Å². The lowest BCUT2D eigenvalue weighted by atomic mass is 10.1. The molecule has 0 aromatic rings. The quantitative estimate of drug-likeness (QED) is 0.642. The second kappa shape index (κ2) is 7.99. The maximum Gasteiger partial charge on any atom is 0.315 e. The highest BCUT2D eigenvalue weighted by Gasteiger charge is 2.16. The molecule has 2 unspecified atom stereocenters. The van der Waals surface area contributed by atoms with E-state index < -0.39 is 11.9 Å². The maximum atomic E-state index is 11.6. The molecule has 1 aliphatic rings. The van der Waals surface area contributed by atoms with E-state index in [0.717, 1.165) is 19.6 Å². The van der Waals surface area contributed by atoms with Crippen LogP contribution in [0.1, 0.15) is 33.1 Å². The molecule has 0 aromatic heterocycles. The fraction of sp³-hybridized carbons (Fsp3) is 0.846. The third kappa shape index (κ3) is 6.42. The Balaban J connectivity index is 2.10. The summed E-state index contributed by atoms with van der Waals surface area (Å²) in [5.41, 5.74) is 0. The van der Waals surface area contributed by atoms with Gasteiger partial charge in [0.1, 0.15) is 0 Å². The van der Waals surface area contributed by atoms with Gasteiger partial charge in [0, 0.05) is 19.1 Å². The summed E-state index contributed by atoms with van der Waals surface area (Å²) in [7, 11) is 0. The van der Waals surface area contributed by atoms with E-state index in [0.29, 0.717) is 13.0 Å². The van der Waals surface area contributed by atoms with Crippen LogP contribution in [0.4, 0.5) is 4.79 Å². The molecule has 2 atom stereocenters. The van der Waals surface area contributed by atoms with Gasteiger partial charge in [0.05, 0.1) is 5.92 Å². The van der Waals surface area contributed by atoms with Crippen molar-refractivity contribution in [2.75, 3.05) is 26.2 Å². The Labute approximate surface area is 114 Å². The first-order valence-corrected chi connectivity index (χ1v) is 6.98. The van der Waals surface area contributed by atoms with Gasteiger partial charge in [-0.25, -0.2) is 4.79 Å². The molecule has 1 heterocycles. The van der Waals surface area contributed by atoms with Gasteiger partial charge in [-0.1, -0.05) is 6.92 Å². The van der Waals surface area contributed by atoms with E-state index in [1.807, 2.05) is 6.92 Å². The third-order valence-electron chi connectivity index (χ3n) is 3.39. The van der Waals surface area contributed by atoms with Gasteiger partial charge >= 0.3 is 12.0 Å². The number of hydrogen-bond acceptors (Lipinski definition) is 3. The average Bonchev–Trinajstić information content (AvgIpc) is 2.81. The lowest BCUT2D eigenvalue weighted by Gasteiger charge is -2.21. The minimum atomic E-state index is -0.829. The van der Waals surface area contributed by atoms with Gasteiger partial charge in [0.2, 0.25) is 0 Å². The molecular weight excluding hydrogens is 246 g/mol. The molecule has 19 heavy (non-hydrogen) atoms. The Kier molecular flexibility index (Phi) is 6.62. The molecule has 0 aromatic carbocycles. The molecule has 6 heteroatoms. The van der Waals surface area contributed by atoms with Crippen molar-refractivity contribution >= 4 is 12.0 Å². The highest BCUT2D eigenvalue weighted by Crippen LogP contribution is 2.07. The number of carbonyl (C=O) groups excluding carboxylic acids is 1. The van der Waals surface area contributed by atoms with Crippen LogP contribution in [0.15, 0.2) is 0 Å². The van der Waals surface area contributed by atoms with Crippen molar-refractivity contribution in [1.29, 1.82) is 0 Å². The summed E-state index contributed by atoms with van der Waals surface area (Å²) in [6.07, 6.45) is 2.93. The van der Waals surface area contributed by atoms with Crippen molar-refractivity contribution in [3.63, 3.8) is 0 Å². The van der Waals surface area contributed by atoms with Crippen molar-refractivity contribution in [3.05, 3.63) is 0 Å². The monoisotopic (exact) mass is 271 g/mol. The van der Waals surface area contributed by atoms with Crippen molar-refractivity contribution in [2.24, 2.45) is 5.92 Å². The summed E-state index contributed by atoms with van der Waals surface area (Å²) < 4.78 is 0. The van der Waals surface area contributed by atoms with E-state index >= 15 is 0 Å². The number of hydrogen-bond donors (Lipinski definition) is 3. The first-order valence-electron chi connectivity index (χ1n) is 6.98. The van der Waals surface area contributed by atoms with Crippen LogP contribution in [0.2, 0.25) is 0 Å². The molecule has 0 bridgehead atoms. The third-order valence-corrected chi connectivity index (χ3v) is 3.39. The van der Waals surface area contributed by atoms with Crippen LogP contribution in [0.3, 0.4) is 0 Å². The lowest BCUT2D eigenvalue weighted by molar-refractivity contribution is -0.141. The summed E-state index contributed by atoms with van der Waals surface area (Å²) in [5, 5.41) is 14.3. The number of carboxylic acids is 1. The van der Waals surface area contributed by atoms with E-state index in [4.69, 9.17) is 5.11 Å². The SMILES string of the molecule is CC(CN1CCCC1)NC(=O)NCCC(C)C(=O)O. The highest BCUT2D eigenvalue weighted by molar-refractivity contribution is 5.74. The molecule has 0 radical (unpaired) electrons. The molecular formula is C13H25N3O3. The molecule has 1 saturated heterocycles. The maximum absolute atomic E-state index is 11.6. The molecule has 2 amide bonds. The predicted octanol–water partition coefficient (Wildman–Crippen LogP) is 0.881. The Morgan fingerprint density at radius 3 is 2.47 bits per heavy atom. The van der Waals surface area contributed by atoms with Gasteiger partial charge in [-0.2, -0.15) is 0 Å². The van der Waals surface area contributed by atoms with Crippen molar-refractivity contribution in [2.45, 2.75) is 39.2 Å². The van der Waals surface area contributed by atoms with E-state index in [9.17, 15) is 9.59 Å². The van der Waals surface area contributed by atoms with Crippen LogP contribution in [-0.4, -0.2) is 54.2 Å². The van der Waals surface area contributed by atoms with Crippen molar-refractivity contribution in [3.8, 4) is 0 Å². The van der Waals surface area contributed by atoms with Crippen LogP contribution < -0.4 is 10.6 Å². The molecule has 0 saturated carbocycles. The van der Waals surface area contributed by atoms with Crippen LogP contribution in [0.5, 0.6) is 0 Å². The molecule has 3 N–H and O–H groups in total. The number of nitrogens with one attached hydrogen (secondary N) is 2. The van der Waals surface area contributed by atoms with E-state index in [-0.39, 0.29) is 12.1 Å². The number of nitrogens with zero attached hydrogens (tertiary/aromatic N) is 1. The molecule has 1 rings (SSSR count). The zero-order valence-corrected chi connectivity index (χ0v) is 11.8. The van der Waals surface area contributed by atoms with Crippen molar-refractivity contribution < 1.29 is 14.7 Å². The van der Waals surface area contributed by atoms with E-state index in [1.54, 1.807) is 6.92 Å². The zero-order valence-electron chi connectivity index (χ0n) is 11.8. The average molecular weight is 271 g/mol. The number of carboxylic acid groups (broad SMARTS) is 1. The largest absolute Gasteiger partial charge is 0.481 e. The second-order valence-electron chi connectivity index (χ2n) is 5.34. The fourth-order valence-corrected chi connectivity index (χ4v) is 2.20.